The first-order valence-electron chi connectivity index (χ1n) is 6.61. The predicted octanol–water partition coefficient (Wildman–Crippen LogP) is 0.225. The van der Waals surface area contributed by atoms with Crippen molar-refractivity contribution in [3.05, 3.63) is 24.3 Å². The van der Waals surface area contributed by atoms with Gasteiger partial charge < -0.3 is 10.5 Å². The van der Waals surface area contributed by atoms with E-state index in [4.69, 9.17) is 10.5 Å². The molecule has 0 saturated carbocycles. The summed E-state index contributed by atoms with van der Waals surface area (Å²) >= 11 is 0. The van der Waals surface area contributed by atoms with Crippen LogP contribution in [-0.2, 0) is 10.0 Å². The van der Waals surface area contributed by atoms with E-state index in [-0.39, 0.29) is 0 Å². The Kier molecular flexibility index (Phi) is 4.85. The van der Waals surface area contributed by atoms with E-state index in [1.54, 1.807) is 6.07 Å². The zero-order valence-corrected chi connectivity index (χ0v) is 12.5. The second-order valence-corrected chi connectivity index (χ2v) is 6.91. The zero-order chi connectivity index (χ0) is 14.6. The second-order valence-electron chi connectivity index (χ2n) is 4.92. The van der Waals surface area contributed by atoms with E-state index in [9.17, 15) is 8.42 Å². The number of nitrogen functional groups attached to an aromatic ring is 1. The third kappa shape index (κ3) is 4.36. The summed E-state index contributed by atoms with van der Waals surface area (Å²) in [5.41, 5.74) is 6.36. The Morgan fingerprint density at radius 3 is 2.55 bits per heavy atom. The summed E-state index contributed by atoms with van der Waals surface area (Å²) in [6.45, 7) is 3.95. The molecule has 0 aliphatic carbocycles. The zero-order valence-electron chi connectivity index (χ0n) is 11.7. The quantitative estimate of drug-likeness (QED) is 0.788. The molecule has 20 heavy (non-hydrogen) atoms. The summed E-state index contributed by atoms with van der Waals surface area (Å²) < 4.78 is 29.9. The molecule has 1 aliphatic heterocycles. The molecule has 2 rings (SSSR count). The van der Waals surface area contributed by atoms with Crippen molar-refractivity contribution >= 4 is 15.7 Å². The number of piperazine rings is 1. The minimum Gasteiger partial charge on any atom is -0.492 e. The summed E-state index contributed by atoms with van der Waals surface area (Å²) in [6.07, 6.45) is 1.26. The van der Waals surface area contributed by atoms with Crippen LogP contribution in [0.5, 0.6) is 5.75 Å². The van der Waals surface area contributed by atoms with Crippen molar-refractivity contribution in [3.8, 4) is 5.75 Å². The number of sulfonamides is 1. The Morgan fingerprint density at radius 1 is 1.25 bits per heavy atom. The summed E-state index contributed by atoms with van der Waals surface area (Å²) in [6, 6.07) is 7.34. The standard InChI is InChI=1S/C13H21N3O3S/c1-20(17,18)16-7-5-15(6-8-16)9-10-19-13-4-2-3-12(14)11-13/h2-4,11H,5-10,14H2,1H3. The van der Waals surface area contributed by atoms with Crippen LogP contribution >= 0.6 is 0 Å². The Balaban J connectivity index is 1.71. The molecular formula is C13H21N3O3S. The molecule has 0 amide bonds. The average molecular weight is 299 g/mol. The van der Waals surface area contributed by atoms with Crippen LogP contribution in [0.3, 0.4) is 0 Å². The molecule has 1 saturated heterocycles. The first kappa shape index (κ1) is 15.1. The van der Waals surface area contributed by atoms with Crippen molar-refractivity contribution in [1.29, 1.82) is 0 Å². The Morgan fingerprint density at radius 2 is 1.95 bits per heavy atom. The minimum atomic E-state index is -3.06. The maximum absolute atomic E-state index is 11.4. The van der Waals surface area contributed by atoms with Crippen molar-refractivity contribution < 1.29 is 13.2 Å². The Labute approximate surface area is 120 Å². The highest BCUT2D eigenvalue weighted by Gasteiger charge is 2.22. The van der Waals surface area contributed by atoms with Gasteiger partial charge in [0, 0.05) is 44.5 Å². The summed E-state index contributed by atoms with van der Waals surface area (Å²) in [7, 11) is -3.06. The smallest absolute Gasteiger partial charge is 0.211 e. The van der Waals surface area contributed by atoms with Gasteiger partial charge in [0.15, 0.2) is 0 Å². The molecular weight excluding hydrogens is 278 g/mol. The molecule has 7 heteroatoms. The topological polar surface area (TPSA) is 75.9 Å². The van der Waals surface area contributed by atoms with E-state index < -0.39 is 10.0 Å². The van der Waals surface area contributed by atoms with Gasteiger partial charge in [-0.1, -0.05) is 6.07 Å². The van der Waals surface area contributed by atoms with Crippen molar-refractivity contribution in [2.24, 2.45) is 0 Å². The molecule has 0 spiro atoms. The largest absolute Gasteiger partial charge is 0.492 e. The monoisotopic (exact) mass is 299 g/mol. The Bertz CT molecular complexity index is 540. The summed E-state index contributed by atoms with van der Waals surface area (Å²) in [4.78, 5) is 2.20. The SMILES string of the molecule is CS(=O)(=O)N1CCN(CCOc2cccc(N)c2)CC1. The number of hydrogen-bond donors (Lipinski definition) is 1. The number of nitrogens with two attached hydrogens (primary N) is 1. The number of anilines is 1. The number of benzene rings is 1. The third-order valence-corrected chi connectivity index (χ3v) is 4.64. The highest BCUT2D eigenvalue weighted by atomic mass is 32.2. The normalized spacial score (nSPS) is 18.1. The van der Waals surface area contributed by atoms with Crippen LogP contribution in [0.15, 0.2) is 24.3 Å². The van der Waals surface area contributed by atoms with Crippen molar-refractivity contribution in [2.45, 2.75) is 0 Å². The molecule has 0 radical (unpaired) electrons. The van der Waals surface area contributed by atoms with E-state index >= 15 is 0 Å². The molecule has 1 aromatic carbocycles. The third-order valence-electron chi connectivity index (χ3n) is 3.33. The lowest BCUT2D eigenvalue weighted by Crippen LogP contribution is -2.49. The maximum atomic E-state index is 11.4. The van der Waals surface area contributed by atoms with Gasteiger partial charge in [0.2, 0.25) is 10.0 Å². The van der Waals surface area contributed by atoms with E-state index in [1.807, 2.05) is 18.2 Å². The van der Waals surface area contributed by atoms with Gasteiger partial charge in [-0.15, -0.1) is 0 Å². The molecule has 1 aliphatic rings. The lowest BCUT2D eigenvalue weighted by Gasteiger charge is -2.33. The molecule has 112 valence electrons. The van der Waals surface area contributed by atoms with Gasteiger partial charge in [0.05, 0.1) is 6.26 Å². The van der Waals surface area contributed by atoms with Crippen molar-refractivity contribution in [3.63, 3.8) is 0 Å². The van der Waals surface area contributed by atoms with Gasteiger partial charge in [-0.25, -0.2) is 8.42 Å². The number of ether oxygens (including phenoxy) is 1. The number of hydrogen-bond acceptors (Lipinski definition) is 5. The molecule has 2 N–H and O–H groups in total. The van der Waals surface area contributed by atoms with Crippen molar-refractivity contribution in [2.75, 3.05) is 51.3 Å². The lowest BCUT2D eigenvalue weighted by atomic mass is 10.3. The van der Waals surface area contributed by atoms with E-state index in [0.29, 0.717) is 25.4 Å². The van der Waals surface area contributed by atoms with Crippen LogP contribution < -0.4 is 10.5 Å². The van der Waals surface area contributed by atoms with Crippen LogP contribution in [0.4, 0.5) is 5.69 Å². The number of nitrogens with zero attached hydrogens (tertiary/aromatic N) is 2. The predicted molar refractivity (Wildman–Crippen MR) is 79.2 cm³/mol. The maximum Gasteiger partial charge on any atom is 0.211 e. The Hall–Kier alpha value is -1.31. The van der Waals surface area contributed by atoms with Gasteiger partial charge in [-0.2, -0.15) is 4.31 Å². The first-order chi connectivity index (χ1) is 9.45. The molecule has 0 unspecified atom stereocenters. The van der Waals surface area contributed by atoms with E-state index in [1.165, 1.54) is 10.6 Å². The minimum absolute atomic E-state index is 0.553. The molecule has 0 bridgehead atoms. The van der Waals surface area contributed by atoms with Gasteiger partial charge in [0.25, 0.3) is 0 Å². The average Bonchev–Trinajstić information content (AvgIpc) is 2.38. The van der Waals surface area contributed by atoms with Crippen LogP contribution in [0, 0.1) is 0 Å². The van der Waals surface area contributed by atoms with Gasteiger partial charge in [-0.05, 0) is 12.1 Å². The molecule has 0 atom stereocenters. The van der Waals surface area contributed by atoms with Crippen LogP contribution in [0.1, 0.15) is 0 Å². The lowest BCUT2D eigenvalue weighted by molar-refractivity contribution is 0.159. The molecule has 1 aromatic rings. The van der Waals surface area contributed by atoms with Gasteiger partial charge >= 0.3 is 0 Å². The highest BCUT2D eigenvalue weighted by molar-refractivity contribution is 7.88. The fraction of sp³-hybridized carbons (Fsp3) is 0.538. The second kappa shape index (κ2) is 6.43. The first-order valence-corrected chi connectivity index (χ1v) is 8.46. The van der Waals surface area contributed by atoms with E-state index in [2.05, 4.69) is 4.90 Å². The fourth-order valence-corrected chi connectivity index (χ4v) is 3.01. The molecule has 6 nitrogen and oxygen atoms in total. The van der Waals surface area contributed by atoms with E-state index in [0.717, 1.165) is 25.4 Å². The van der Waals surface area contributed by atoms with Gasteiger partial charge in [0.1, 0.15) is 12.4 Å². The van der Waals surface area contributed by atoms with Gasteiger partial charge in [-0.3, -0.25) is 4.90 Å². The van der Waals surface area contributed by atoms with Crippen LogP contribution in [-0.4, -0.2) is 63.2 Å². The highest BCUT2D eigenvalue weighted by Crippen LogP contribution is 2.14. The van der Waals surface area contributed by atoms with Crippen LogP contribution in [0.25, 0.3) is 0 Å². The molecule has 1 fully saturated rings. The van der Waals surface area contributed by atoms with Crippen molar-refractivity contribution in [1.82, 2.24) is 9.21 Å². The summed E-state index contributed by atoms with van der Waals surface area (Å²) in [5.74, 6) is 0.764. The molecule has 1 heterocycles. The number of rotatable bonds is 5. The summed E-state index contributed by atoms with van der Waals surface area (Å²) in [5, 5.41) is 0. The van der Waals surface area contributed by atoms with Crippen LogP contribution in [0.2, 0.25) is 0 Å². The fourth-order valence-electron chi connectivity index (χ4n) is 2.18. The molecule has 0 aromatic heterocycles.